The summed E-state index contributed by atoms with van der Waals surface area (Å²) in [5.41, 5.74) is 3.07. The molecule has 0 radical (unpaired) electrons. The third kappa shape index (κ3) is 2.50. The SMILES string of the molecule is CC1=[C]([Ti+2][C]2=C(C)C=CC2)CC=C1.[Cl-].[H-]. The first-order valence-electron chi connectivity index (χ1n) is 4.77. The van der Waals surface area contributed by atoms with Crippen molar-refractivity contribution < 1.29 is 33.0 Å². The summed E-state index contributed by atoms with van der Waals surface area (Å²) in [5.74, 6) is 0. The van der Waals surface area contributed by atoms with Crippen LogP contribution in [0.3, 0.4) is 0 Å². The first kappa shape index (κ1) is 12.0. The van der Waals surface area contributed by atoms with Crippen LogP contribution >= 0.6 is 0 Å². The zero-order valence-corrected chi connectivity index (χ0v) is 10.9. The van der Waals surface area contributed by atoms with E-state index in [4.69, 9.17) is 0 Å². The minimum Gasteiger partial charge on any atom is -1.00 e. The van der Waals surface area contributed by atoms with E-state index in [-0.39, 0.29) is 33.0 Å². The van der Waals surface area contributed by atoms with Gasteiger partial charge in [0, 0.05) is 0 Å². The molecule has 0 spiro atoms. The molecule has 0 atom stereocenters. The molecular formula is C12H15ClTi. The molecule has 0 heterocycles. The summed E-state index contributed by atoms with van der Waals surface area (Å²) in [7, 11) is 0. The van der Waals surface area contributed by atoms with E-state index < -0.39 is 0 Å². The second kappa shape index (κ2) is 5.16. The molecule has 0 unspecified atom stereocenters. The third-order valence-corrected chi connectivity index (χ3v) is 5.44. The van der Waals surface area contributed by atoms with Gasteiger partial charge < -0.3 is 13.8 Å². The molecule has 0 aromatic rings. The molecule has 0 aromatic heterocycles. The van der Waals surface area contributed by atoms with Crippen LogP contribution in [0, 0.1) is 0 Å². The van der Waals surface area contributed by atoms with Crippen molar-refractivity contribution in [3.8, 4) is 0 Å². The largest absolute Gasteiger partial charge is 1.00 e. The molecule has 2 aliphatic rings. The Balaban J connectivity index is 0.000000980. The van der Waals surface area contributed by atoms with Gasteiger partial charge in [0.25, 0.3) is 0 Å². The van der Waals surface area contributed by atoms with Gasteiger partial charge in [-0.2, -0.15) is 0 Å². The summed E-state index contributed by atoms with van der Waals surface area (Å²) in [4.78, 5) is 0. The van der Waals surface area contributed by atoms with Crippen LogP contribution in [0.25, 0.3) is 0 Å². The van der Waals surface area contributed by atoms with Crippen molar-refractivity contribution in [2.45, 2.75) is 26.7 Å². The van der Waals surface area contributed by atoms with Gasteiger partial charge >= 0.3 is 89.0 Å². The summed E-state index contributed by atoms with van der Waals surface area (Å²) < 4.78 is 3.47. The zero-order valence-electron chi connectivity index (χ0n) is 9.60. The van der Waals surface area contributed by atoms with Crippen LogP contribution in [0.4, 0.5) is 0 Å². The maximum Gasteiger partial charge on any atom is -1.00 e. The fourth-order valence-electron chi connectivity index (χ4n) is 1.71. The standard InChI is InChI=1S/2C6H7.ClH.Ti.H/c2*1-6-4-2-3-5-6;;;/h2*2,4H,3H2,1H3;1H;;/q;;;+2;-1/p-1. The molecule has 0 aliphatic heterocycles. The Labute approximate surface area is 103 Å². The van der Waals surface area contributed by atoms with Crippen LogP contribution in [0.2, 0.25) is 0 Å². The van der Waals surface area contributed by atoms with Crippen LogP contribution < -0.4 is 12.4 Å². The van der Waals surface area contributed by atoms with Gasteiger partial charge in [-0.25, -0.2) is 0 Å². The maximum atomic E-state index is 2.30. The first-order valence-corrected chi connectivity index (χ1v) is 6.33. The molecule has 0 bridgehead atoms. The quantitative estimate of drug-likeness (QED) is 0.624. The van der Waals surface area contributed by atoms with E-state index in [1.165, 1.54) is 24.0 Å². The monoisotopic (exact) mass is 242 g/mol. The van der Waals surface area contributed by atoms with E-state index in [1.54, 1.807) is 7.76 Å². The molecule has 2 heteroatoms. The first-order chi connectivity index (χ1) is 6.27. The van der Waals surface area contributed by atoms with Gasteiger partial charge in [0.1, 0.15) is 0 Å². The van der Waals surface area contributed by atoms with Crippen LogP contribution in [0.15, 0.2) is 43.2 Å². The number of halogens is 1. The van der Waals surface area contributed by atoms with Crippen molar-refractivity contribution in [3.63, 3.8) is 0 Å². The van der Waals surface area contributed by atoms with E-state index in [9.17, 15) is 0 Å². The zero-order chi connectivity index (χ0) is 9.26. The Morgan fingerprint density at radius 2 is 1.43 bits per heavy atom. The van der Waals surface area contributed by atoms with Gasteiger partial charge in [-0.3, -0.25) is 0 Å². The number of hydrogen-bond donors (Lipinski definition) is 0. The maximum absolute atomic E-state index is 2.30. The van der Waals surface area contributed by atoms with Crippen LogP contribution in [0.5, 0.6) is 0 Å². The molecule has 0 aromatic carbocycles. The summed E-state index contributed by atoms with van der Waals surface area (Å²) in [6, 6.07) is 0. The summed E-state index contributed by atoms with van der Waals surface area (Å²) >= 11 is 0.0324. The topological polar surface area (TPSA) is 0 Å². The second-order valence-electron chi connectivity index (χ2n) is 3.66. The van der Waals surface area contributed by atoms with Gasteiger partial charge in [-0.15, -0.1) is 0 Å². The van der Waals surface area contributed by atoms with Crippen molar-refractivity contribution in [2.24, 2.45) is 0 Å². The van der Waals surface area contributed by atoms with Gasteiger partial charge in [-0.05, 0) is 0 Å². The Kier molecular flexibility index (Phi) is 4.44. The molecular weight excluding hydrogens is 227 g/mol. The van der Waals surface area contributed by atoms with E-state index in [1.807, 2.05) is 0 Å². The average molecular weight is 243 g/mol. The molecule has 0 fully saturated rings. The molecule has 2 rings (SSSR count). The van der Waals surface area contributed by atoms with Gasteiger partial charge in [0.15, 0.2) is 0 Å². The Morgan fingerprint density at radius 1 is 1.00 bits per heavy atom. The fourth-order valence-corrected chi connectivity index (χ4v) is 3.84. The average Bonchev–Trinajstić information content (AvgIpc) is 2.65. The van der Waals surface area contributed by atoms with E-state index in [0.29, 0.717) is 0 Å². The molecule has 0 saturated carbocycles. The van der Waals surface area contributed by atoms with Crippen LogP contribution in [0.1, 0.15) is 28.1 Å². The van der Waals surface area contributed by atoms with Crippen LogP contribution in [-0.4, -0.2) is 0 Å². The third-order valence-electron chi connectivity index (χ3n) is 2.63. The Bertz CT molecular complexity index is 317. The Hall–Kier alpha value is -0.0357. The van der Waals surface area contributed by atoms with Gasteiger partial charge in [0.2, 0.25) is 0 Å². The normalized spacial score (nSPS) is 19.0. The number of hydrogen-bond acceptors (Lipinski definition) is 0. The van der Waals surface area contributed by atoms with Crippen molar-refractivity contribution in [2.75, 3.05) is 0 Å². The smallest absolute Gasteiger partial charge is 1.00 e. The Morgan fingerprint density at radius 3 is 1.71 bits per heavy atom. The fraction of sp³-hybridized carbons (Fsp3) is 0.333. The summed E-state index contributed by atoms with van der Waals surface area (Å²) in [6.07, 6.45) is 11.6. The predicted octanol–water partition coefficient (Wildman–Crippen LogP) is 0.653. The van der Waals surface area contributed by atoms with E-state index in [2.05, 4.69) is 38.2 Å². The van der Waals surface area contributed by atoms with E-state index in [0.717, 1.165) is 0 Å². The predicted molar refractivity (Wildman–Crippen MR) is 54.0 cm³/mol. The number of allylic oxidation sites excluding steroid dienone is 8. The number of rotatable bonds is 2. The molecule has 14 heavy (non-hydrogen) atoms. The van der Waals surface area contributed by atoms with Crippen molar-refractivity contribution in [3.05, 3.63) is 43.2 Å². The molecule has 0 amide bonds. The van der Waals surface area contributed by atoms with Crippen LogP contribution in [-0.2, 0) is 19.2 Å². The van der Waals surface area contributed by atoms with Crippen molar-refractivity contribution in [1.82, 2.24) is 0 Å². The second-order valence-corrected chi connectivity index (χ2v) is 5.94. The molecule has 0 saturated heterocycles. The van der Waals surface area contributed by atoms with E-state index >= 15 is 0 Å². The van der Waals surface area contributed by atoms with Crippen molar-refractivity contribution in [1.29, 1.82) is 0 Å². The minimum absolute atomic E-state index is 0. The summed E-state index contributed by atoms with van der Waals surface area (Å²) in [6.45, 7) is 4.50. The minimum atomic E-state index is 0. The van der Waals surface area contributed by atoms with Crippen molar-refractivity contribution >= 4 is 0 Å². The molecule has 74 valence electrons. The summed E-state index contributed by atoms with van der Waals surface area (Å²) in [5, 5.41) is 0. The van der Waals surface area contributed by atoms with Gasteiger partial charge in [-0.1, -0.05) is 0 Å². The van der Waals surface area contributed by atoms with Gasteiger partial charge in [0.05, 0.1) is 0 Å². The molecule has 2 aliphatic carbocycles. The molecule has 0 N–H and O–H groups in total. The molecule has 0 nitrogen and oxygen atoms in total.